The topological polar surface area (TPSA) is 168 Å². The second-order valence-corrected chi connectivity index (χ2v) is 2.86. The molecular weight excluding hydrogens is 268 g/mol. The van der Waals surface area contributed by atoms with Gasteiger partial charge in [0, 0.05) is 0 Å². The third-order valence-corrected chi connectivity index (χ3v) is 1.13. The fourth-order valence-corrected chi connectivity index (χ4v) is 0.566. The summed E-state index contributed by atoms with van der Waals surface area (Å²) in [5, 5.41) is 31.6. The average Bonchev–Trinajstić information content (AvgIpc) is 2.21. The summed E-state index contributed by atoms with van der Waals surface area (Å²) >= 11 is 0. The fourth-order valence-electron chi connectivity index (χ4n) is 0.566. The van der Waals surface area contributed by atoms with E-state index in [0.29, 0.717) is 0 Å². The molecule has 0 bridgehead atoms. The average molecular weight is 282 g/mol. The third kappa shape index (κ3) is 25.8. The van der Waals surface area contributed by atoms with Crippen molar-refractivity contribution in [1.29, 1.82) is 0 Å². The number of carboxylic acid groups (broad SMARTS) is 4. The molecule has 0 radical (unpaired) electrons. The predicted molar refractivity (Wildman–Crippen MR) is 56.8 cm³/mol. The molecule has 0 fully saturated rings. The zero-order valence-electron chi connectivity index (χ0n) is 9.77. The SMILES string of the molecule is O=C(O)CC(=O)O.O=C(O)COCCOCC(=O)O. The summed E-state index contributed by atoms with van der Waals surface area (Å²) in [6, 6.07) is 0. The molecule has 0 aliphatic rings. The van der Waals surface area contributed by atoms with Crippen LogP contribution >= 0.6 is 0 Å². The molecule has 0 aromatic rings. The Balaban J connectivity index is 0. The molecule has 110 valence electrons. The van der Waals surface area contributed by atoms with Crippen molar-refractivity contribution >= 4 is 23.9 Å². The summed E-state index contributed by atoms with van der Waals surface area (Å²) < 4.78 is 9.12. The van der Waals surface area contributed by atoms with Crippen molar-refractivity contribution in [3.8, 4) is 0 Å². The zero-order chi connectivity index (χ0) is 15.3. The minimum Gasteiger partial charge on any atom is -0.481 e. The van der Waals surface area contributed by atoms with Crippen LogP contribution in [0.25, 0.3) is 0 Å². The lowest BCUT2D eigenvalue weighted by Crippen LogP contribution is -2.14. The Hall–Kier alpha value is -2.20. The number of rotatable bonds is 9. The Morgan fingerprint density at radius 2 is 0.947 bits per heavy atom. The van der Waals surface area contributed by atoms with Gasteiger partial charge in [-0.05, 0) is 0 Å². The van der Waals surface area contributed by atoms with E-state index in [-0.39, 0.29) is 13.2 Å². The number of carbonyl (C=O) groups is 4. The van der Waals surface area contributed by atoms with E-state index in [0.717, 1.165) is 0 Å². The fraction of sp³-hybridized carbons (Fsp3) is 0.556. The highest BCUT2D eigenvalue weighted by atomic mass is 16.5. The highest BCUT2D eigenvalue weighted by molar-refractivity contribution is 5.88. The van der Waals surface area contributed by atoms with Crippen molar-refractivity contribution < 1.29 is 49.1 Å². The zero-order valence-corrected chi connectivity index (χ0v) is 9.77. The van der Waals surface area contributed by atoms with Gasteiger partial charge in [0.2, 0.25) is 0 Å². The van der Waals surface area contributed by atoms with Gasteiger partial charge in [-0.15, -0.1) is 0 Å². The van der Waals surface area contributed by atoms with Gasteiger partial charge in [-0.25, -0.2) is 9.59 Å². The van der Waals surface area contributed by atoms with E-state index in [1.54, 1.807) is 0 Å². The van der Waals surface area contributed by atoms with E-state index in [4.69, 9.17) is 20.4 Å². The summed E-state index contributed by atoms with van der Waals surface area (Å²) in [7, 11) is 0. The Morgan fingerprint density at radius 1 is 0.632 bits per heavy atom. The highest BCUT2D eigenvalue weighted by Gasteiger charge is 2.01. The highest BCUT2D eigenvalue weighted by Crippen LogP contribution is 1.78. The Bertz CT molecular complexity index is 280. The number of ether oxygens (including phenoxy) is 2. The lowest BCUT2D eigenvalue weighted by molar-refractivity contribution is -0.147. The van der Waals surface area contributed by atoms with Crippen LogP contribution in [-0.4, -0.2) is 70.7 Å². The first kappa shape index (κ1) is 19.1. The standard InChI is InChI=1S/C6H10O6.C3H4O4/c7-5(8)3-11-1-2-12-4-6(9)10;4-2(5)1-3(6)7/h1-4H2,(H,7,8)(H,9,10);1H2,(H,4,5)(H,6,7). The Labute approximate surface area is 107 Å². The van der Waals surface area contributed by atoms with Crippen LogP contribution in [0.3, 0.4) is 0 Å². The van der Waals surface area contributed by atoms with E-state index in [1.165, 1.54) is 0 Å². The van der Waals surface area contributed by atoms with Gasteiger partial charge in [0.25, 0.3) is 0 Å². The second-order valence-electron chi connectivity index (χ2n) is 2.86. The van der Waals surface area contributed by atoms with Gasteiger partial charge in [0.1, 0.15) is 19.6 Å². The van der Waals surface area contributed by atoms with Gasteiger partial charge in [0.05, 0.1) is 13.2 Å². The van der Waals surface area contributed by atoms with Crippen molar-refractivity contribution in [1.82, 2.24) is 0 Å². The van der Waals surface area contributed by atoms with E-state index in [2.05, 4.69) is 9.47 Å². The van der Waals surface area contributed by atoms with E-state index >= 15 is 0 Å². The van der Waals surface area contributed by atoms with Gasteiger partial charge >= 0.3 is 23.9 Å². The minimum atomic E-state index is -1.31. The van der Waals surface area contributed by atoms with E-state index < -0.39 is 43.5 Å². The first-order valence-corrected chi connectivity index (χ1v) is 4.78. The molecular formula is C9H14O10. The van der Waals surface area contributed by atoms with Gasteiger partial charge in [-0.2, -0.15) is 0 Å². The predicted octanol–water partition coefficient (Wildman–Crippen LogP) is -1.27. The largest absolute Gasteiger partial charge is 0.481 e. The van der Waals surface area contributed by atoms with Gasteiger partial charge < -0.3 is 29.9 Å². The summed E-state index contributed by atoms with van der Waals surface area (Å²) in [6.07, 6.45) is -0.806. The maximum absolute atomic E-state index is 9.88. The maximum atomic E-state index is 9.88. The number of hydrogen-bond acceptors (Lipinski definition) is 6. The molecule has 0 aliphatic heterocycles. The van der Waals surface area contributed by atoms with E-state index in [1.807, 2.05) is 0 Å². The molecule has 10 heteroatoms. The minimum absolute atomic E-state index is 0.0829. The molecule has 0 rings (SSSR count). The van der Waals surface area contributed by atoms with E-state index in [9.17, 15) is 19.2 Å². The molecule has 0 aromatic carbocycles. The lowest BCUT2D eigenvalue weighted by Gasteiger charge is -2.00. The van der Waals surface area contributed by atoms with Crippen LogP contribution in [0.15, 0.2) is 0 Å². The Morgan fingerprint density at radius 3 is 1.11 bits per heavy atom. The molecule has 0 heterocycles. The smallest absolute Gasteiger partial charge is 0.329 e. The monoisotopic (exact) mass is 282 g/mol. The Kier molecular flexibility index (Phi) is 12.4. The molecule has 10 nitrogen and oxygen atoms in total. The third-order valence-electron chi connectivity index (χ3n) is 1.13. The summed E-state index contributed by atoms with van der Waals surface area (Å²) in [6.45, 7) is -0.619. The van der Waals surface area contributed by atoms with Crippen molar-refractivity contribution in [3.05, 3.63) is 0 Å². The molecule has 0 amide bonds. The number of hydrogen-bond donors (Lipinski definition) is 4. The van der Waals surface area contributed by atoms with Crippen molar-refractivity contribution in [2.24, 2.45) is 0 Å². The molecule has 0 aromatic heterocycles. The molecule has 0 aliphatic carbocycles. The summed E-state index contributed by atoms with van der Waals surface area (Å²) in [5.74, 6) is -4.75. The van der Waals surface area contributed by atoms with Crippen molar-refractivity contribution in [3.63, 3.8) is 0 Å². The number of carboxylic acids is 4. The first-order valence-electron chi connectivity index (χ1n) is 4.78. The number of aliphatic carboxylic acids is 4. The van der Waals surface area contributed by atoms with Crippen LogP contribution in [-0.2, 0) is 28.7 Å². The van der Waals surface area contributed by atoms with Crippen LogP contribution in [0.5, 0.6) is 0 Å². The summed E-state index contributed by atoms with van der Waals surface area (Å²) in [4.78, 5) is 38.6. The van der Waals surface area contributed by atoms with Gasteiger partial charge in [-0.3, -0.25) is 9.59 Å². The van der Waals surface area contributed by atoms with Crippen LogP contribution in [0.4, 0.5) is 0 Å². The molecule has 0 atom stereocenters. The molecule has 0 unspecified atom stereocenters. The van der Waals surface area contributed by atoms with Crippen LogP contribution in [0.1, 0.15) is 6.42 Å². The van der Waals surface area contributed by atoms with Crippen molar-refractivity contribution in [2.45, 2.75) is 6.42 Å². The van der Waals surface area contributed by atoms with Gasteiger partial charge in [-0.1, -0.05) is 0 Å². The quantitative estimate of drug-likeness (QED) is 0.295. The normalized spacial score (nSPS) is 9.05. The maximum Gasteiger partial charge on any atom is 0.329 e. The summed E-state index contributed by atoms with van der Waals surface area (Å²) in [5.41, 5.74) is 0. The molecule has 4 N–H and O–H groups in total. The molecule has 0 saturated carbocycles. The van der Waals surface area contributed by atoms with Crippen molar-refractivity contribution in [2.75, 3.05) is 26.4 Å². The molecule has 0 saturated heterocycles. The van der Waals surface area contributed by atoms with Crippen LogP contribution < -0.4 is 0 Å². The first-order chi connectivity index (χ1) is 8.75. The second kappa shape index (κ2) is 12.3. The molecule has 19 heavy (non-hydrogen) atoms. The van der Waals surface area contributed by atoms with Gasteiger partial charge in [0.15, 0.2) is 0 Å². The van der Waals surface area contributed by atoms with Crippen LogP contribution in [0.2, 0.25) is 0 Å². The lowest BCUT2D eigenvalue weighted by atomic mass is 10.5. The molecule has 0 spiro atoms. The van der Waals surface area contributed by atoms with Crippen LogP contribution in [0, 0.1) is 0 Å².